The molecule has 1 unspecified atom stereocenters. The SMILES string of the molecule is COCc1cc(=O)c(O)c(C(CC(=O)N2CCc3c([nH]c4ccccc34)C2)c2ccc(OC)cc2)o1. The van der Waals surface area contributed by atoms with Crippen molar-refractivity contribution in [3.8, 4) is 11.5 Å². The first-order valence-corrected chi connectivity index (χ1v) is 11.8. The molecule has 0 saturated heterocycles. The summed E-state index contributed by atoms with van der Waals surface area (Å²) in [4.78, 5) is 31.3. The van der Waals surface area contributed by atoms with Gasteiger partial charge in [-0.3, -0.25) is 9.59 Å². The highest BCUT2D eigenvalue weighted by molar-refractivity contribution is 5.86. The Morgan fingerprint density at radius 1 is 1.17 bits per heavy atom. The fourth-order valence-electron chi connectivity index (χ4n) is 4.91. The Labute approximate surface area is 208 Å². The molecule has 0 saturated carbocycles. The number of amides is 1. The summed E-state index contributed by atoms with van der Waals surface area (Å²) in [5.41, 5.74) is 3.50. The van der Waals surface area contributed by atoms with E-state index in [1.165, 1.54) is 24.1 Å². The fourth-order valence-corrected chi connectivity index (χ4v) is 4.91. The van der Waals surface area contributed by atoms with Gasteiger partial charge in [-0.05, 0) is 35.7 Å². The molecule has 1 aliphatic heterocycles. The second kappa shape index (κ2) is 9.91. The maximum Gasteiger partial charge on any atom is 0.227 e. The lowest BCUT2D eigenvalue weighted by atomic mass is 9.91. The van der Waals surface area contributed by atoms with Gasteiger partial charge in [-0.1, -0.05) is 30.3 Å². The van der Waals surface area contributed by atoms with Gasteiger partial charge in [-0.15, -0.1) is 0 Å². The number of hydrogen-bond donors (Lipinski definition) is 2. The van der Waals surface area contributed by atoms with E-state index in [4.69, 9.17) is 13.9 Å². The quantitative estimate of drug-likeness (QED) is 0.406. The number of H-pyrrole nitrogens is 1. The molecule has 8 heteroatoms. The van der Waals surface area contributed by atoms with Crippen molar-refractivity contribution in [1.29, 1.82) is 0 Å². The number of fused-ring (bicyclic) bond motifs is 3. The van der Waals surface area contributed by atoms with E-state index < -0.39 is 17.1 Å². The highest BCUT2D eigenvalue weighted by Gasteiger charge is 2.30. The van der Waals surface area contributed by atoms with Gasteiger partial charge in [0.25, 0.3) is 0 Å². The van der Waals surface area contributed by atoms with Crippen molar-refractivity contribution in [1.82, 2.24) is 9.88 Å². The molecule has 4 aromatic rings. The number of aromatic hydroxyl groups is 1. The number of carbonyl (C=O) groups is 1. The standard InChI is InChI=1S/C28H28N2O6/c1-34-16-19-13-25(31)27(33)28(36-19)22(17-7-9-18(35-2)10-8-17)14-26(32)30-12-11-21-20-5-3-4-6-23(20)29-24(21)15-30/h3-10,13,22,29,33H,11-12,14-16H2,1-2H3. The molecule has 1 aliphatic rings. The summed E-state index contributed by atoms with van der Waals surface area (Å²) in [5, 5.41) is 11.8. The minimum atomic E-state index is -0.669. The first-order valence-electron chi connectivity index (χ1n) is 11.8. The predicted molar refractivity (Wildman–Crippen MR) is 134 cm³/mol. The summed E-state index contributed by atoms with van der Waals surface area (Å²) < 4.78 is 16.3. The van der Waals surface area contributed by atoms with Crippen LogP contribution in [0.5, 0.6) is 11.5 Å². The van der Waals surface area contributed by atoms with E-state index in [1.807, 2.05) is 35.2 Å². The summed E-state index contributed by atoms with van der Waals surface area (Å²) in [6.07, 6.45) is 0.775. The van der Waals surface area contributed by atoms with Crippen LogP contribution in [0.25, 0.3) is 10.9 Å². The number of nitrogens with one attached hydrogen (secondary N) is 1. The van der Waals surface area contributed by atoms with Crippen molar-refractivity contribution >= 4 is 16.8 Å². The molecule has 0 spiro atoms. The summed E-state index contributed by atoms with van der Waals surface area (Å²) >= 11 is 0. The first kappa shape index (κ1) is 23.7. The molecular weight excluding hydrogens is 460 g/mol. The average molecular weight is 489 g/mol. The van der Waals surface area contributed by atoms with E-state index in [-0.39, 0.29) is 30.5 Å². The fraction of sp³-hybridized carbons (Fsp3) is 0.286. The number of aromatic amines is 1. The van der Waals surface area contributed by atoms with Gasteiger partial charge in [0.15, 0.2) is 5.76 Å². The zero-order valence-electron chi connectivity index (χ0n) is 20.2. The van der Waals surface area contributed by atoms with Crippen LogP contribution in [0.15, 0.2) is 63.8 Å². The van der Waals surface area contributed by atoms with Crippen LogP contribution in [0.3, 0.4) is 0 Å². The third kappa shape index (κ3) is 4.47. The van der Waals surface area contributed by atoms with Crippen molar-refractivity contribution in [3.05, 3.63) is 93.2 Å². The molecule has 2 aromatic carbocycles. The average Bonchev–Trinajstić information content (AvgIpc) is 3.27. The number of carbonyl (C=O) groups excluding carboxylic acids is 1. The smallest absolute Gasteiger partial charge is 0.227 e. The number of ether oxygens (including phenoxy) is 2. The Kier molecular flexibility index (Phi) is 6.52. The summed E-state index contributed by atoms with van der Waals surface area (Å²) in [6, 6.07) is 16.5. The van der Waals surface area contributed by atoms with Gasteiger partial charge in [0.1, 0.15) is 18.1 Å². The Hall–Kier alpha value is -4.04. The number of nitrogens with zero attached hydrogens (tertiary/aromatic N) is 1. The van der Waals surface area contributed by atoms with E-state index in [9.17, 15) is 14.7 Å². The summed E-state index contributed by atoms with van der Waals surface area (Å²) in [7, 11) is 3.06. The molecule has 186 valence electrons. The lowest BCUT2D eigenvalue weighted by Crippen LogP contribution is -2.36. The molecular formula is C28H28N2O6. The third-order valence-corrected chi connectivity index (χ3v) is 6.74. The van der Waals surface area contributed by atoms with Crippen molar-refractivity contribution < 1.29 is 23.8 Å². The normalized spacial score (nSPS) is 14.0. The van der Waals surface area contributed by atoms with Crippen molar-refractivity contribution in [2.24, 2.45) is 0 Å². The molecule has 0 aliphatic carbocycles. The lowest BCUT2D eigenvalue weighted by Gasteiger charge is -2.29. The Balaban J connectivity index is 1.47. The molecule has 2 N–H and O–H groups in total. The van der Waals surface area contributed by atoms with E-state index in [1.54, 1.807) is 19.2 Å². The van der Waals surface area contributed by atoms with Crippen LogP contribution in [-0.4, -0.2) is 41.7 Å². The topological polar surface area (TPSA) is 105 Å². The summed E-state index contributed by atoms with van der Waals surface area (Å²) in [5.74, 6) is -0.278. The largest absolute Gasteiger partial charge is 0.502 e. The van der Waals surface area contributed by atoms with E-state index >= 15 is 0 Å². The van der Waals surface area contributed by atoms with Crippen molar-refractivity contribution in [3.63, 3.8) is 0 Å². The highest BCUT2D eigenvalue weighted by atomic mass is 16.5. The van der Waals surface area contributed by atoms with Gasteiger partial charge in [-0.25, -0.2) is 0 Å². The van der Waals surface area contributed by atoms with Gasteiger partial charge in [0, 0.05) is 42.7 Å². The zero-order valence-corrected chi connectivity index (χ0v) is 20.2. The molecule has 2 aromatic heterocycles. The van der Waals surface area contributed by atoms with Gasteiger partial charge >= 0.3 is 0 Å². The van der Waals surface area contributed by atoms with Crippen LogP contribution >= 0.6 is 0 Å². The predicted octanol–water partition coefficient (Wildman–Crippen LogP) is 4.09. The highest BCUT2D eigenvalue weighted by Crippen LogP contribution is 2.35. The second-order valence-corrected chi connectivity index (χ2v) is 8.95. The molecule has 1 amide bonds. The second-order valence-electron chi connectivity index (χ2n) is 8.95. The molecule has 3 heterocycles. The van der Waals surface area contributed by atoms with Gasteiger partial charge in [0.2, 0.25) is 17.1 Å². The number of methoxy groups -OCH3 is 2. The number of hydrogen-bond acceptors (Lipinski definition) is 6. The van der Waals surface area contributed by atoms with Gasteiger partial charge in [-0.2, -0.15) is 0 Å². The maximum absolute atomic E-state index is 13.6. The summed E-state index contributed by atoms with van der Waals surface area (Å²) in [6.45, 7) is 1.13. The van der Waals surface area contributed by atoms with E-state index in [2.05, 4.69) is 11.1 Å². The number of para-hydroxylation sites is 1. The maximum atomic E-state index is 13.6. The molecule has 5 rings (SSSR count). The monoisotopic (exact) mass is 488 g/mol. The van der Waals surface area contributed by atoms with Crippen LogP contribution in [0, 0.1) is 0 Å². The minimum Gasteiger partial charge on any atom is -0.502 e. The Bertz CT molecular complexity index is 1450. The molecule has 1 atom stereocenters. The molecule has 0 bridgehead atoms. The molecule has 36 heavy (non-hydrogen) atoms. The van der Waals surface area contributed by atoms with Crippen LogP contribution in [-0.2, 0) is 29.1 Å². The van der Waals surface area contributed by atoms with Crippen molar-refractivity contribution in [2.75, 3.05) is 20.8 Å². The lowest BCUT2D eigenvalue weighted by molar-refractivity contribution is -0.132. The zero-order chi connectivity index (χ0) is 25.2. The van der Waals surface area contributed by atoms with Crippen LogP contribution < -0.4 is 10.2 Å². The van der Waals surface area contributed by atoms with Gasteiger partial charge < -0.3 is 28.9 Å². The number of aromatic nitrogens is 1. The third-order valence-electron chi connectivity index (χ3n) is 6.74. The van der Waals surface area contributed by atoms with Crippen molar-refractivity contribution in [2.45, 2.75) is 31.9 Å². The van der Waals surface area contributed by atoms with Crippen LogP contribution in [0.4, 0.5) is 0 Å². The Morgan fingerprint density at radius 2 is 1.94 bits per heavy atom. The molecule has 8 nitrogen and oxygen atoms in total. The van der Waals surface area contributed by atoms with Gasteiger partial charge in [0.05, 0.1) is 19.6 Å². The number of rotatable bonds is 7. The first-order chi connectivity index (χ1) is 17.5. The van der Waals surface area contributed by atoms with Crippen LogP contribution in [0.1, 0.15) is 40.7 Å². The van der Waals surface area contributed by atoms with E-state index in [0.717, 1.165) is 23.2 Å². The minimum absolute atomic E-state index is 0.0226. The molecule has 0 fully saturated rings. The van der Waals surface area contributed by atoms with E-state index in [0.29, 0.717) is 18.8 Å². The Morgan fingerprint density at radius 3 is 2.69 bits per heavy atom. The number of benzene rings is 2. The van der Waals surface area contributed by atoms with Crippen LogP contribution in [0.2, 0.25) is 0 Å². The molecule has 0 radical (unpaired) electrons.